The van der Waals surface area contributed by atoms with Gasteiger partial charge in [-0.25, -0.2) is 0 Å². The van der Waals surface area contributed by atoms with Crippen molar-refractivity contribution in [3.63, 3.8) is 0 Å². The maximum atomic E-state index is 12.8. The molecule has 2 rings (SSSR count). The van der Waals surface area contributed by atoms with E-state index in [2.05, 4.69) is 120 Å². The average Bonchev–Trinajstić information content (AvgIpc) is 0.699. The molecule has 0 amide bonds. The van der Waals surface area contributed by atoms with Crippen molar-refractivity contribution in [3.8, 4) is 0 Å². The van der Waals surface area contributed by atoms with Crippen molar-refractivity contribution in [2.45, 2.75) is 240 Å². The van der Waals surface area contributed by atoms with Crippen LogP contribution in [0.4, 0.5) is 0 Å². The Bertz CT molecular complexity index is 2130. The second kappa shape index (κ2) is 31.8. The minimum atomic E-state index is -2.21. The smallest absolute Gasteiger partial charge is 0.178 e. The van der Waals surface area contributed by atoms with E-state index in [4.69, 9.17) is 37.9 Å². The van der Waals surface area contributed by atoms with Crippen molar-refractivity contribution in [2.24, 2.45) is 0 Å². The third-order valence-corrected chi connectivity index (χ3v) is 20.6. The Labute approximate surface area is 549 Å². The normalized spacial score (nSPS) is 34.2. The van der Waals surface area contributed by atoms with Crippen LogP contribution in [0.1, 0.15) is 162 Å². The van der Waals surface area contributed by atoms with Crippen LogP contribution in [0.25, 0.3) is 0 Å². The molecule has 0 radical (unpaired) electrons. The summed E-state index contributed by atoms with van der Waals surface area (Å²) in [7, 11) is 27.7. The molecule has 14 atom stereocenters. The lowest BCUT2D eigenvalue weighted by atomic mass is 9.58. The number of ether oxygens (including phenoxy) is 8. The molecule has 2 fully saturated rings. The second-order valence-corrected chi connectivity index (χ2v) is 34.4. The predicted octanol–water partition coefficient (Wildman–Crippen LogP) is 3.98. The molecule has 22 heteroatoms. The van der Waals surface area contributed by atoms with Gasteiger partial charge >= 0.3 is 0 Å². The molecular weight excluding hydrogens is 1150 g/mol. The zero-order valence-electron chi connectivity index (χ0n) is 63.1. The van der Waals surface area contributed by atoms with E-state index in [-0.39, 0.29) is 46.1 Å². The van der Waals surface area contributed by atoms with E-state index in [0.29, 0.717) is 32.6 Å². The van der Waals surface area contributed by atoms with Crippen LogP contribution in [0.2, 0.25) is 0 Å². The van der Waals surface area contributed by atoms with Crippen LogP contribution >= 0.6 is 0 Å². The molecule has 90 heavy (non-hydrogen) atoms. The van der Waals surface area contributed by atoms with Gasteiger partial charge in [-0.05, 0) is 181 Å². The molecule has 0 bridgehead atoms. The van der Waals surface area contributed by atoms with Gasteiger partial charge in [0.25, 0.3) is 0 Å². The Balaban J connectivity index is 2.69. The van der Waals surface area contributed by atoms with Gasteiger partial charge in [0.15, 0.2) is 11.6 Å². The third kappa shape index (κ3) is 22.9. The number of nitrogens with one attached hydrogen (secondary N) is 4. The van der Waals surface area contributed by atoms with Crippen LogP contribution in [0, 0.1) is 0 Å². The number of hydrogen-bond acceptors (Lipinski definition) is 18. The molecule has 2 heterocycles. The highest BCUT2D eigenvalue weighted by atomic mass is 16.7. The number of quaternary nitrogens is 4. The predicted molar refractivity (Wildman–Crippen MR) is 360 cm³/mol. The van der Waals surface area contributed by atoms with E-state index in [1.54, 1.807) is 27.7 Å². The average molecular weight is 1300 g/mol. The zero-order valence-corrected chi connectivity index (χ0v) is 63.1. The minimum Gasteiger partial charge on any atom is -0.384 e. The standard InChI is InChI=1S/C68H146N8O14/c1-29-55(2,46-69-38-30-34-42-73(16,17)18)87-61(8,48-71-40-32-36-44-75(22,23)24)85-54-60(7)66(13,80)68(15,82)64(11,78)58(5,90-60)52-84-50-56(3,47-70-39-31-35-43-74(19,20)21)88-62(9,49-72-41-33-37-45-76(25,26)27)86-53-59(6)65(12,79)67(14,81)63(10,77)57(4,89-59)51-83-28/h69-72,77-82H,29-54H2,1-28H3/q+4/t55?,56?,57-,58-,59?,60?,61+,62+,63?,64?,65+,66+,67-,68-/m1/s1. The van der Waals surface area contributed by atoms with Crippen molar-refractivity contribution in [1.82, 2.24) is 21.3 Å². The molecule has 0 saturated carbocycles. The molecule has 0 aliphatic carbocycles. The van der Waals surface area contributed by atoms with Crippen molar-refractivity contribution < 1.29 is 86.5 Å². The topological polar surface area (TPSA) is 243 Å². The van der Waals surface area contributed by atoms with Crippen LogP contribution in [-0.2, 0) is 37.9 Å². The van der Waals surface area contributed by atoms with E-state index in [9.17, 15) is 30.6 Å². The first-order valence-electron chi connectivity index (χ1n) is 33.9. The Morgan fingerprint density at radius 1 is 0.367 bits per heavy atom. The Morgan fingerprint density at radius 3 is 0.922 bits per heavy atom. The lowest BCUT2D eigenvalue weighted by molar-refractivity contribution is -0.870. The Morgan fingerprint density at radius 2 is 0.633 bits per heavy atom. The SMILES string of the molecule is CCC(C)(CNCCCC[N+](C)(C)C)O[C@@](C)(CNCCCC[N+](C)(C)C)OCC1(C)O[C@](C)(COCC(C)(CNCCCC[N+](C)(C)C)O[C@@](C)(CNCCCC[N+](C)(C)C)OCC2(C)O[C@](C)(COC)C(C)(O)[C@@](C)(O)[C@@]2(C)O)C(C)(O)[C@@](C)(O)[C@@]1(C)O. The van der Waals surface area contributed by atoms with Gasteiger partial charge in [0.05, 0.1) is 149 Å². The highest BCUT2D eigenvalue weighted by Crippen LogP contribution is 2.55. The first-order valence-corrected chi connectivity index (χ1v) is 33.9. The number of methoxy groups -OCH3 is 1. The van der Waals surface area contributed by atoms with Crippen molar-refractivity contribution in [2.75, 3.05) is 203 Å². The maximum Gasteiger partial charge on any atom is 0.178 e. The van der Waals surface area contributed by atoms with E-state index in [1.807, 2.05) is 20.8 Å². The summed E-state index contributed by atoms with van der Waals surface area (Å²) in [6, 6.07) is 0. The minimum absolute atomic E-state index is 0.0805. The van der Waals surface area contributed by atoms with Crippen molar-refractivity contribution in [1.29, 1.82) is 0 Å². The molecule has 0 aromatic heterocycles. The first kappa shape index (κ1) is 85.2. The summed E-state index contributed by atoms with van der Waals surface area (Å²) < 4.78 is 58.0. The lowest BCUT2D eigenvalue weighted by Gasteiger charge is -2.66. The fourth-order valence-corrected chi connectivity index (χ4v) is 12.7. The summed E-state index contributed by atoms with van der Waals surface area (Å²) in [6.07, 6.45) is 8.57. The Hall–Kier alpha value is -0.880. The van der Waals surface area contributed by atoms with Gasteiger partial charge in [-0.15, -0.1) is 0 Å². The van der Waals surface area contributed by atoms with Gasteiger partial charge < -0.3 is 108 Å². The number of unbranched alkanes of at least 4 members (excludes halogenated alkanes) is 4. The highest BCUT2D eigenvalue weighted by Gasteiger charge is 2.75. The number of rotatable bonds is 45. The van der Waals surface area contributed by atoms with Crippen molar-refractivity contribution >= 4 is 0 Å². The van der Waals surface area contributed by atoms with Gasteiger partial charge in [-0.1, -0.05) is 6.92 Å². The summed E-state index contributed by atoms with van der Waals surface area (Å²) in [6.45, 7) is 32.6. The van der Waals surface area contributed by atoms with Gasteiger partial charge in [-0.2, -0.15) is 0 Å². The summed E-state index contributed by atoms with van der Waals surface area (Å²) in [4.78, 5) is 0. The molecule has 2 aliphatic heterocycles. The fourth-order valence-electron chi connectivity index (χ4n) is 12.7. The van der Waals surface area contributed by atoms with Crippen LogP contribution in [0.15, 0.2) is 0 Å². The number of hydrogen-bond donors (Lipinski definition) is 10. The summed E-state index contributed by atoms with van der Waals surface area (Å²) in [5.74, 6) is -2.71. The largest absolute Gasteiger partial charge is 0.384 e. The summed E-state index contributed by atoms with van der Waals surface area (Å²) >= 11 is 0. The zero-order chi connectivity index (χ0) is 69.9. The molecule has 0 aromatic rings. The van der Waals surface area contributed by atoms with Gasteiger partial charge in [0.2, 0.25) is 0 Å². The second-order valence-electron chi connectivity index (χ2n) is 34.4. The quantitative estimate of drug-likeness (QED) is 0.0236. The molecule has 10 N–H and O–H groups in total. The highest BCUT2D eigenvalue weighted by molar-refractivity contribution is 5.25. The number of nitrogens with zero attached hydrogens (tertiary/aromatic N) is 4. The van der Waals surface area contributed by atoms with Crippen molar-refractivity contribution in [3.05, 3.63) is 0 Å². The van der Waals surface area contributed by atoms with E-state index >= 15 is 0 Å². The van der Waals surface area contributed by atoms with E-state index in [0.717, 1.165) is 109 Å². The number of aliphatic hydroxyl groups is 6. The van der Waals surface area contributed by atoms with Crippen LogP contribution in [0.3, 0.4) is 0 Å². The Kier molecular flexibility index (Phi) is 30.1. The molecular formula is C68H146N8O14+4. The molecule has 6 unspecified atom stereocenters. The molecule has 2 aliphatic rings. The van der Waals surface area contributed by atoms with E-state index in [1.165, 1.54) is 48.7 Å². The molecule has 22 nitrogen and oxygen atoms in total. The maximum absolute atomic E-state index is 12.8. The molecule has 538 valence electrons. The molecule has 0 spiro atoms. The van der Waals surface area contributed by atoms with Gasteiger partial charge in [0, 0.05) is 33.3 Å². The van der Waals surface area contributed by atoms with Crippen LogP contribution < -0.4 is 21.3 Å². The van der Waals surface area contributed by atoms with E-state index < -0.39 is 78.8 Å². The third-order valence-electron chi connectivity index (χ3n) is 20.6. The van der Waals surface area contributed by atoms with Gasteiger partial charge in [0.1, 0.15) is 61.6 Å². The summed E-state index contributed by atoms with van der Waals surface area (Å²) in [5, 5.41) is 89.4. The van der Waals surface area contributed by atoms with Crippen LogP contribution in [-0.4, -0.2) is 331 Å². The molecule has 2 saturated heterocycles. The van der Waals surface area contributed by atoms with Gasteiger partial charge in [-0.3, -0.25) is 0 Å². The summed E-state index contributed by atoms with van der Waals surface area (Å²) in [5.41, 5.74) is -21.0. The monoisotopic (exact) mass is 1300 g/mol. The molecule has 0 aromatic carbocycles. The van der Waals surface area contributed by atoms with Crippen LogP contribution in [0.5, 0.6) is 0 Å². The first-order chi connectivity index (χ1) is 40.4. The fraction of sp³-hybridized carbons (Fsp3) is 1.00. The lowest BCUT2D eigenvalue weighted by Crippen LogP contribution is -2.85.